The highest BCUT2D eigenvalue weighted by Crippen LogP contribution is 2.26. The average Bonchev–Trinajstić information content (AvgIpc) is 3.80. The molecular formula is C34H42FN9O5. The van der Waals surface area contributed by atoms with Crippen LogP contribution in [0, 0.1) is 11.7 Å². The largest absolute Gasteiger partial charge is 0.491 e. The fourth-order valence-electron chi connectivity index (χ4n) is 6.27. The summed E-state index contributed by atoms with van der Waals surface area (Å²) < 4.78 is 23.6. The van der Waals surface area contributed by atoms with Gasteiger partial charge in [0, 0.05) is 58.0 Å². The zero-order valence-electron chi connectivity index (χ0n) is 27.9. The van der Waals surface area contributed by atoms with Crippen LogP contribution in [-0.4, -0.2) is 104 Å². The van der Waals surface area contributed by atoms with Crippen molar-refractivity contribution < 1.29 is 28.6 Å². The second-order valence-electron chi connectivity index (χ2n) is 13.0. The third kappa shape index (κ3) is 7.82. The number of carbonyl (C=O) groups excluding carboxylic acids is 3. The number of aliphatic hydroxyl groups excluding tert-OH is 1. The highest BCUT2D eigenvalue weighted by Gasteiger charge is 2.27. The van der Waals surface area contributed by atoms with E-state index in [0.717, 1.165) is 17.5 Å². The minimum Gasteiger partial charge on any atom is -0.491 e. The molecule has 14 nitrogen and oxygen atoms in total. The van der Waals surface area contributed by atoms with E-state index in [4.69, 9.17) is 9.72 Å². The first-order chi connectivity index (χ1) is 23.5. The van der Waals surface area contributed by atoms with Crippen LogP contribution in [0.15, 0.2) is 42.6 Å². The SMILES string of the molecule is CC(C)C[C@H]1NC(=O)c2cc(F)ccc2OCCn2cc(nn2)CCN(C(=O)c2ccc3c(c2)nc(N2CC[C@H](O)C2)n3C)CCNC1=O. The molecular weight excluding hydrogens is 633 g/mol. The first-order valence-corrected chi connectivity index (χ1v) is 16.6. The number of aliphatic hydroxyl groups is 1. The van der Waals surface area contributed by atoms with Crippen LogP contribution < -0.4 is 20.3 Å². The molecule has 0 radical (unpaired) electrons. The number of β-amino-alcohol motifs (C(OH)–C–C–N with tert-alkyl or cyclic N) is 1. The topological polar surface area (TPSA) is 160 Å². The number of ether oxygens (including phenoxy) is 1. The third-order valence-electron chi connectivity index (χ3n) is 8.84. The Morgan fingerprint density at radius 1 is 1.12 bits per heavy atom. The number of hydrogen-bond donors (Lipinski definition) is 3. The van der Waals surface area contributed by atoms with Crippen molar-refractivity contribution in [2.75, 3.05) is 44.2 Å². The van der Waals surface area contributed by atoms with E-state index in [1.54, 1.807) is 27.9 Å². The molecule has 4 heterocycles. The van der Waals surface area contributed by atoms with Crippen LogP contribution in [0.4, 0.5) is 10.3 Å². The highest BCUT2D eigenvalue weighted by molar-refractivity contribution is 6.00. The van der Waals surface area contributed by atoms with E-state index in [-0.39, 0.29) is 42.8 Å². The number of aromatic nitrogens is 5. The molecule has 2 aromatic heterocycles. The molecule has 3 amide bonds. The maximum absolute atomic E-state index is 14.2. The molecule has 2 aromatic carbocycles. The van der Waals surface area contributed by atoms with Crippen molar-refractivity contribution in [3.05, 3.63) is 65.2 Å². The Balaban J connectivity index is 1.24. The Morgan fingerprint density at radius 2 is 1.96 bits per heavy atom. The van der Waals surface area contributed by atoms with Gasteiger partial charge in [-0.2, -0.15) is 0 Å². The molecule has 49 heavy (non-hydrogen) atoms. The normalized spacial score (nSPS) is 19.6. The van der Waals surface area contributed by atoms with Crippen LogP contribution in [0.2, 0.25) is 0 Å². The minimum atomic E-state index is -0.895. The van der Waals surface area contributed by atoms with Gasteiger partial charge in [0.25, 0.3) is 11.8 Å². The number of hydrogen-bond acceptors (Lipinski definition) is 9. The van der Waals surface area contributed by atoms with E-state index < -0.39 is 29.8 Å². The van der Waals surface area contributed by atoms with Crippen molar-refractivity contribution in [2.24, 2.45) is 13.0 Å². The summed E-state index contributed by atoms with van der Waals surface area (Å²) in [6.45, 7) is 6.16. The fraction of sp³-hybridized carbons (Fsp3) is 0.471. The molecule has 2 aliphatic heterocycles. The molecule has 3 N–H and O–H groups in total. The van der Waals surface area contributed by atoms with Gasteiger partial charge in [0.15, 0.2) is 0 Å². The molecule has 4 aromatic rings. The van der Waals surface area contributed by atoms with E-state index in [1.807, 2.05) is 36.4 Å². The number of fused-ring (bicyclic) bond motifs is 4. The number of anilines is 1. The van der Waals surface area contributed by atoms with Crippen LogP contribution in [-0.2, 0) is 24.8 Å². The molecule has 1 saturated heterocycles. The van der Waals surface area contributed by atoms with E-state index in [0.29, 0.717) is 62.2 Å². The molecule has 2 bridgehead atoms. The van der Waals surface area contributed by atoms with Crippen molar-refractivity contribution in [1.29, 1.82) is 0 Å². The predicted octanol–water partition coefficient (Wildman–Crippen LogP) is 1.91. The third-order valence-corrected chi connectivity index (χ3v) is 8.84. The monoisotopic (exact) mass is 675 g/mol. The maximum Gasteiger partial charge on any atom is 0.255 e. The predicted molar refractivity (Wildman–Crippen MR) is 179 cm³/mol. The van der Waals surface area contributed by atoms with Crippen molar-refractivity contribution in [2.45, 2.75) is 51.8 Å². The molecule has 1 fully saturated rings. The second kappa shape index (κ2) is 14.6. The quantitative estimate of drug-likeness (QED) is 0.294. The number of aryl methyl sites for hydroxylation is 1. The van der Waals surface area contributed by atoms with Crippen molar-refractivity contribution in [3.8, 4) is 5.75 Å². The van der Waals surface area contributed by atoms with Gasteiger partial charge < -0.3 is 34.8 Å². The first kappa shape index (κ1) is 33.8. The van der Waals surface area contributed by atoms with Gasteiger partial charge in [-0.25, -0.2) is 14.1 Å². The van der Waals surface area contributed by atoms with Gasteiger partial charge in [0.05, 0.1) is 34.9 Å². The van der Waals surface area contributed by atoms with Gasteiger partial charge in [-0.15, -0.1) is 5.10 Å². The molecule has 2 aliphatic rings. The molecule has 6 rings (SSSR count). The molecule has 0 saturated carbocycles. The van der Waals surface area contributed by atoms with Crippen molar-refractivity contribution in [1.82, 2.24) is 40.1 Å². The van der Waals surface area contributed by atoms with Gasteiger partial charge in [-0.3, -0.25) is 14.4 Å². The number of rotatable bonds is 4. The van der Waals surface area contributed by atoms with Gasteiger partial charge in [-0.1, -0.05) is 19.1 Å². The van der Waals surface area contributed by atoms with Crippen LogP contribution in [0.25, 0.3) is 11.0 Å². The summed E-state index contributed by atoms with van der Waals surface area (Å²) in [5.41, 5.74) is 2.62. The van der Waals surface area contributed by atoms with E-state index >= 15 is 0 Å². The average molecular weight is 676 g/mol. The van der Waals surface area contributed by atoms with E-state index in [9.17, 15) is 23.9 Å². The Labute approximate surface area is 283 Å². The summed E-state index contributed by atoms with van der Waals surface area (Å²) in [7, 11) is 1.92. The van der Waals surface area contributed by atoms with Crippen LogP contribution >= 0.6 is 0 Å². The number of halogens is 1. The highest BCUT2D eigenvalue weighted by atomic mass is 19.1. The Morgan fingerprint density at radius 3 is 2.73 bits per heavy atom. The lowest BCUT2D eigenvalue weighted by Crippen LogP contribution is -2.49. The first-order valence-electron chi connectivity index (χ1n) is 16.6. The summed E-state index contributed by atoms with van der Waals surface area (Å²) in [5, 5.41) is 24.1. The smallest absolute Gasteiger partial charge is 0.255 e. The molecule has 15 heteroatoms. The summed E-state index contributed by atoms with van der Waals surface area (Å²) in [5.74, 6) is -0.895. The molecule has 0 aliphatic carbocycles. The van der Waals surface area contributed by atoms with Gasteiger partial charge in [-0.05, 0) is 55.2 Å². The Bertz CT molecular complexity index is 1840. The minimum absolute atomic E-state index is 0.0197. The van der Waals surface area contributed by atoms with Gasteiger partial charge in [0.2, 0.25) is 11.9 Å². The zero-order valence-corrected chi connectivity index (χ0v) is 27.9. The number of nitrogens with zero attached hydrogens (tertiary/aromatic N) is 7. The number of carbonyl (C=O) groups is 3. The number of imidazole rings is 1. The van der Waals surface area contributed by atoms with Crippen LogP contribution in [0.1, 0.15) is 53.1 Å². The van der Waals surface area contributed by atoms with Gasteiger partial charge >= 0.3 is 0 Å². The van der Waals surface area contributed by atoms with E-state index in [1.165, 1.54) is 12.1 Å². The summed E-state index contributed by atoms with van der Waals surface area (Å²) >= 11 is 0. The second-order valence-corrected chi connectivity index (χ2v) is 13.0. The standard InChI is InChI=1S/C34H42FN9O5/c1-21(2)16-28-32(47)36-10-13-42(33(48)22-4-6-29-27(17-22)38-34(41(29)3)43-12-9-25(45)20-43)11-8-24-19-44(40-39-24)14-15-49-30-7-5-23(35)18-26(30)31(46)37-28/h4-7,17-19,21,25,28,45H,8-16,20H2,1-3H3,(H,36,47)(H,37,46)/t25-,28+/m0/s1. The maximum atomic E-state index is 14.2. The fourth-order valence-corrected chi connectivity index (χ4v) is 6.27. The zero-order chi connectivity index (χ0) is 34.7. The van der Waals surface area contributed by atoms with Crippen LogP contribution in [0.5, 0.6) is 5.75 Å². The summed E-state index contributed by atoms with van der Waals surface area (Å²) in [6, 6.07) is 8.20. The van der Waals surface area contributed by atoms with E-state index in [2.05, 4.69) is 20.9 Å². The van der Waals surface area contributed by atoms with Crippen molar-refractivity contribution in [3.63, 3.8) is 0 Å². The molecule has 0 unspecified atom stereocenters. The number of amides is 3. The lowest BCUT2D eigenvalue weighted by atomic mass is 10.0. The lowest BCUT2D eigenvalue weighted by molar-refractivity contribution is -0.123. The lowest BCUT2D eigenvalue weighted by Gasteiger charge is -2.24. The summed E-state index contributed by atoms with van der Waals surface area (Å²) in [4.78, 5) is 49.2. The number of benzene rings is 2. The van der Waals surface area contributed by atoms with Gasteiger partial charge in [0.1, 0.15) is 24.2 Å². The molecule has 2 atom stereocenters. The Kier molecular flexibility index (Phi) is 10.1. The Hall–Kier alpha value is -5.05. The number of nitrogens with one attached hydrogen (secondary N) is 2. The molecule has 260 valence electrons. The molecule has 0 spiro atoms. The summed E-state index contributed by atoms with van der Waals surface area (Å²) in [6.07, 6.45) is 2.82. The van der Waals surface area contributed by atoms with Crippen LogP contribution in [0.3, 0.4) is 0 Å². The van der Waals surface area contributed by atoms with Crippen molar-refractivity contribution >= 4 is 34.7 Å².